The summed E-state index contributed by atoms with van der Waals surface area (Å²) in [6.45, 7) is 15.9. The summed E-state index contributed by atoms with van der Waals surface area (Å²) in [6.07, 6.45) is 8.71. The Hall–Kier alpha value is -1.47. The van der Waals surface area contributed by atoms with Gasteiger partial charge in [0.2, 0.25) is 0 Å². The number of hydrogen-bond donors (Lipinski definition) is 0. The molecule has 0 aliphatic heterocycles. The Labute approximate surface area is 333 Å². The van der Waals surface area contributed by atoms with E-state index in [2.05, 4.69) is 205 Å². The van der Waals surface area contributed by atoms with E-state index in [9.17, 15) is 16.9 Å². The molecule has 0 aromatic heterocycles. The number of hydrogen-bond acceptors (Lipinski definition) is 0. The minimum atomic E-state index is -11.2. The first kappa shape index (κ1) is 47.7. The Bertz CT molecular complexity index is 1520. The molecule has 0 saturated heterocycles. The van der Waals surface area contributed by atoms with Crippen LogP contribution in [0.25, 0.3) is 0 Å². The first-order valence-corrected chi connectivity index (χ1v) is 27.4. The molecule has 0 N–H and O–H groups in total. The van der Waals surface area contributed by atoms with Crippen molar-refractivity contribution in [1.82, 2.24) is 0 Å². The van der Waals surface area contributed by atoms with Crippen LogP contribution in [0.15, 0.2) is 143 Å². The molecule has 4 aromatic carbocycles. The van der Waals surface area contributed by atoms with Crippen molar-refractivity contribution in [3.63, 3.8) is 0 Å². The molecule has 1 aliphatic carbocycles. The van der Waals surface area contributed by atoms with Gasteiger partial charge in [0, 0.05) is 0 Å². The molecule has 0 atom stereocenters. The van der Waals surface area contributed by atoms with Crippen LogP contribution in [0.4, 0.5) is 16.9 Å². The minimum absolute atomic E-state index is 0.584. The average Bonchev–Trinajstić information content (AvgIpc) is 3.13. The summed E-state index contributed by atoms with van der Waals surface area (Å²) in [5, 5.41) is 8.55. The van der Waals surface area contributed by atoms with Gasteiger partial charge < -0.3 is 0 Å². The number of halogens is 7. The van der Waals surface area contributed by atoms with Crippen LogP contribution in [0.2, 0.25) is 0 Å². The van der Waals surface area contributed by atoms with Gasteiger partial charge in [0.25, 0.3) is 0 Å². The van der Waals surface area contributed by atoms with E-state index in [0.29, 0.717) is 5.92 Å². The van der Waals surface area contributed by atoms with Gasteiger partial charge in [0.15, 0.2) is 0 Å². The Morgan fingerprint density at radius 1 is 0.491 bits per heavy atom. The van der Waals surface area contributed by atoms with Crippen LogP contribution < -0.4 is 21.2 Å². The second-order valence-electron chi connectivity index (χ2n) is 12.5. The van der Waals surface area contributed by atoms with Crippen molar-refractivity contribution in [3.8, 4) is 0 Å². The molecule has 0 unspecified atom stereocenters. The van der Waals surface area contributed by atoms with Gasteiger partial charge in [0.1, 0.15) is 0 Å². The predicted molar refractivity (Wildman–Crippen MR) is 217 cm³/mol. The monoisotopic (exact) mass is 984 g/mol. The fourth-order valence-corrected chi connectivity index (χ4v) is 10.2. The van der Waals surface area contributed by atoms with Gasteiger partial charge in [-0.15, -0.1) is 0 Å². The molecule has 6 radical (unpaired) electrons. The molecule has 1 aliphatic rings. The maximum atomic E-state index is 9.93. The standard InChI is InChI=1S/C32H32P2.C10H14.ClH.6FH.Ru.Sb/c1-25(27(3)33(29-17-9-5-10-18-29)30-19-11-6-12-20-30)26(2)28(4)34(31-21-13-7-14-22-31)32-23-15-8-16-24-32;1-8(2)10-6-4-9(3)5-7-10;;;;;;;;;/h5-24H,1-4H3;4-8H,1-3H3;7*1H;;/q;;;;;;;;;+2;+5/p-7/b27-25-,28-26-;;;;;;;;;;. The van der Waals surface area contributed by atoms with Crippen LogP contribution in [0, 0.1) is 43.4 Å². The zero-order valence-corrected chi connectivity index (χ0v) is 37.6. The quantitative estimate of drug-likeness (QED) is 0.0714. The summed E-state index contributed by atoms with van der Waals surface area (Å²) in [5.41, 5.74) is 2.83. The van der Waals surface area contributed by atoms with E-state index in [4.69, 9.17) is 0 Å². The van der Waals surface area contributed by atoms with Crippen LogP contribution in [-0.4, -0.2) is 19.5 Å². The van der Waals surface area contributed by atoms with Gasteiger partial charge in [-0.1, -0.05) is 142 Å². The van der Waals surface area contributed by atoms with Crippen molar-refractivity contribution < 1.29 is 34.2 Å². The zero-order valence-electron chi connectivity index (χ0n) is 30.8. The summed E-state index contributed by atoms with van der Waals surface area (Å²) in [7, 11) is 3.40. The van der Waals surface area contributed by atoms with Crippen molar-refractivity contribution in [2.45, 2.75) is 48.5 Å². The summed E-state index contributed by atoms with van der Waals surface area (Å²) >= 11 is -9.43. The number of benzene rings is 4. The average molecular weight is 985 g/mol. The summed E-state index contributed by atoms with van der Waals surface area (Å²) in [5.74, 6) is 3.41. The molecule has 1 saturated carbocycles. The summed E-state index contributed by atoms with van der Waals surface area (Å²) in [6, 6.07) is 44.0. The number of allylic oxidation sites excluding steroid dienone is 4. The second kappa shape index (κ2) is 21.2. The third-order valence-corrected chi connectivity index (χ3v) is 13.4. The molecule has 0 heterocycles. The third-order valence-electron chi connectivity index (χ3n) is 8.12. The molecule has 0 spiro atoms. The molecule has 1 fully saturated rings. The van der Waals surface area contributed by atoms with E-state index in [0.717, 1.165) is 0 Å². The van der Waals surface area contributed by atoms with E-state index >= 15 is 0 Å². The molecule has 0 amide bonds. The van der Waals surface area contributed by atoms with Gasteiger partial charge in [-0.25, -0.2) is 0 Å². The van der Waals surface area contributed by atoms with Gasteiger partial charge >= 0.3 is 63.4 Å². The van der Waals surface area contributed by atoms with Crippen LogP contribution in [0.1, 0.15) is 48.5 Å². The zero-order chi connectivity index (χ0) is 39.9. The van der Waals surface area contributed by atoms with Crippen molar-refractivity contribution >= 4 is 66.2 Å². The molecule has 4 aromatic rings. The van der Waals surface area contributed by atoms with E-state index < -0.39 is 35.3 Å². The molecule has 53 heavy (non-hydrogen) atoms. The third kappa shape index (κ3) is 18.4. The van der Waals surface area contributed by atoms with Crippen molar-refractivity contribution in [2.24, 2.45) is 5.92 Å². The SMILES string of the molecule is CC(/C(C)=C(/C)P(c1ccccc1)c1ccccc1)=C(\C)P(c1ccccc1)c1ccccc1.C[C]1[CH][CH][C](C(C)C)[CH][CH]1.[Cl][Ru+].[F][Sb-]([F])([F])([F])([F])[F]. The van der Waals surface area contributed by atoms with Crippen molar-refractivity contribution in [3.05, 3.63) is 181 Å². The first-order chi connectivity index (χ1) is 24.7. The molecule has 0 nitrogen and oxygen atoms in total. The molecular formula is C42H46ClF6P2RuSb. The fraction of sp³-hybridized carbons (Fsp3) is 0.190. The van der Waals surface area contributed by atoms with Crippen LogP contribution >= 0.6 is 25.5 Å². The summed E-state index contributed by atoms with van der Waals surface area (Å²) in [4.78, 5) is 0. The van der Waals surface area contributed by atoms with Crippen molar-refractivity contribution in [1.29, 1.82) is 0 Å². The Morgan fingerprint density at radius 2 is 0.717 bits per heavy atom. The molecule has 0 bridgehead atoms. The van der Waals surface area contributed by atoms with Gasteiger partial charge in [-0.2, -0.15) is 0 Å². The summed E-state index contributed by atoms with van der Waals surface area (Å²) < 4.78 is 59.6. The molecule has 286 valence electrons. The first-order valence-electron chi connectivity index (χ1n) is 16.6. The van der Waals surface area contributed by atoms with E-state index in [1.54, 1.807) is 0 Å². The van der Waals surface area contributed by atoms with E-state index in [-0.39, 0.29) is 0 Å². The van der Waals surface area contributed by atoms with Gasteiger partial charge in [-0.3, -0.25) is 0 Å². The fourth-order valence-electron chi connectivity index (χ4n) is 5.21. The van der Waals surface area contributed by atoms with E-state index in [1.165, 1.54) is 54.8 Å². The molecule has 5 rings (SSSR count). The topological polar surface area (TPSA) is 0 Å². The normalized spacial score (nSPS) is 16.0. The van der Waals surface area contributed by atoms with Gasteiger partial charge in [-0.05, 0) is 130 Å². The number of rotatable bonds is 8. The second-order valence-corrected chi connectivity index (χ2v) is 22.7. The molecule has 11 heteroatoms. The van der Waals surface area contributed by atoms with Crippen LogP contribution in [0.5, 0.6) is 0 Å². The van der Waals surface area contributed by atoms with Crippen LogP contribution in [-0.2, 0) is 17.3 Å². The predicted octanol–water partition coefficient (Wildman–Crippen LogP) is 13.3. The molecular weight excluding hydrogens is 939 g/mol. The van der Waals surface area contributed by atoms with Gasteiger partial charge in [0.05, 0.1) is 0 Å². The van der Waals surface area contributed by atoms with E-state index in [1.807, 2.05) is 17.3 Å². The Kier molecular flexibility index (Phi) is 19.0. The Balaban J connectivity index is 0.000000419. The van der Waals surface area contributed by atoms with Crippen LogP contribution in [0.3, 0.4) is 0 Å². The van der Waals surface area contributed by atoms with Crippen molar-refractivity contribution in [2.75, 3.05) is 0 Å². The maximum absolute atomic E-state index is 11.2. The Morgan fingerprint density at radius 3 is 0.925 bits per heavy atom.